The van der Waals surface area contributed by atoms with Crippen LogP contribution in [0, 0.1) is 21.4 Å². The van der Waals surface area contributed by atoms with E-state index < -0.39 is 4.92 Å². The number of halogens is 1. The van der Waals surface area contributed by atoms with Crippen molar-refractivity contribution in [2.24, 2.45) is 0 Å². The molecule has 0 N–H and O–H groups in total. The molecule has 5 nitrogen and oxygen atoms in total. The first-order valence-corrected chi connectivity index (χ1v) is 6.40. The van der Waals surface area contributed by atoms with Gasteiger partial charge in [0.2, 0.25) is 0 Å². The van der Waals surface area contributed by atoms with Crippen LogP contribution in [-0.4, -0.2) is 22.9 Å². The Morgan fingerprint density at radius 3 is 2.83 bits per heavy atom. The first-order valence-electron chi connectivity index (χ1n) is 5.60. The van der Waals surface area contributed by atoms with Crippen LogP contribution in [0.15, 0.2) is 22.7 Å². The maximum Gasteiger partial charge on any atom is 0.275 e. The number of hydrogen-bond donors (Lipinski definition) is 0. The van der Waals surface area contributed by atoms with Crippen molar-refractivity contribution in [3.05, 3.63) is 38.3 Å². The van der Waals surface area contributed by atoms with Gasteiger partial charge in [0.25, 0.3) is 5.69 Å². The molecule has 0 aliphatic rings. The molecule has 0 aromatic heterocycles. The van der Waals surface area contributed by atoms with Crippen LogP contribution in [0.3, 0.4) is 0 Å². The highest BCUT2D eigenvalue weighted by atomic mass is 79.9. The Hall–Kier alpha value is -1.45. The minimum Gasteiger partial charge on any atom is -0.286 e. The van der Waals surface area contributed by atoms with Crippen LogP contribution in [0.2, 0.25) is 0 Å². The Morgan fingerprint density at radius 2 is 2.28 bits per heavy atom. The summed E-state index contributed by atoms with van der Waals surface area (Å²) in [6, 6.07) is 7.07. The van der Waals surface area contributed by atoms with Gasteiger partial charge in [-0.1, -0.05) is 22.9 Å². The number of hydrogen-bond acceptors (Lipinski definition) is 4. The van der Waals surface area contributed by atoms with E-state index in [1.807, 2.05) is 11.8 Å². The molecule has 18 heavy (non-hydrogen) atoms. The molecule has 0 fully saturated rings. The van der Waals surface area contributed by atoms with Crippen LogP contribution in [-0.2, 0) is 6.54 Å². The second-order valence-electron chi connectivity index (χ2n) is 3.90. The van der Waals surface area contributed by atoms with E-state index in [4.69, 9.17) is 5.26 Å². The molecule has 0 saturated carbocycles. The fourth-order valence-electron chi connectivity index (χ4n) is 1.71. The second kappa shape index (κ2) is 7.09. The van der Waals surface area contributed by atoms with Crippen molar-refractivity contribution in [1.82, 2.24) is 4.90 Å². The maximum atomic E-state index is 11.0. The minimum atomic E-state index is -0.392. The van der Waals surface area contributed by atoms with Crippen molar-refractivity contribution < 1.29 is 4.92 Å². The van der Waals surface area contributed by atoms with E-state index in [2.05, 4.69) is 22.0 Å². The summed E-state index contributed by atoms with van der Waals surface area (Å²) in [4.78, 5) is 12.5. The van der Waals surface area contributed by atoms with Gasteiger partial charge >= 0.3 is 0 Å². The first-order chi connectivity index (χ1) is 8.58. The molecule has 0 amide bonds. The standard InChI is InChI=1S/C12H14BrN3O2/c1-2-6-15(7-5-14)9-10-3-4-11(13)8-12(10)16(17)18/h3-4,8H,2,6-7,9H2,1H3. The number of rotatable bonds is 6. The van der Waals surface area contributed by atoms with Crippen molar-refractivity contribution in [3.63, 3.8) is 0 Å². The zero-order valence-electron chi connectivity index (χ0n) is 10.1. The average molecular weight is 312 g/mol. The summed E-state index contributed by atoms with van der Waals surface area (Å²) in [6.45, 7) is 3.47. The van der Waals surface area contributed by atoms with E-state index >= 15 is 0 Å². The minimum absolute atomic E-state index is 0.0865. The molecule has 0 aliphatic heterocycles. The smallest absolute Gasteiger partial charge is 0.275 e. The van der Waals surface area contributed by atoms with Gasteiger partial charge in [0.15, 0.2) is 0 Å². The maximum absolute atomic E-state index is 11.0. The molecule has 1 aromatic carbocycles. The van der Waals surface area contributed by atoms with Crippen LogP contribution in [0.5, 0.6) is 0 Å². The SMILES string of the molecule is CCCN(CC#N)Cc1ccc(Br)cc1[N+](=O)[O-]. The van der Waals surface area contributed by atoms with Crippen molar-refractivity contribution >= 4 is 21.6 Å². The normalized spacial score (nSPS) is 10.3. The molecular weight excluding hydrogens is 298 g/mol. The lowest BCUT2D eigenvalue weighted by Crippen LogP contribution is -2.24. The predicted octanol–water partition coefficient (Wildman–Crippen LogP) is 3.09. The number of benzene rings is 1. The van der Waals surface area contributed by atoms with Gasteiger partial charge in [-0.15, -0.1) is 0 Å². The molecule has 0 saturated heterocycles. The second-order valence-corrected chi connectivity index (χ2v) is 4.81. The highest BCUT2D eigenvalue weighted by Crippen LogP contribution is 2.24. The van der Waals surface area contributed by atoms with Gasteiger partial charge in [0.1, 0.15) is 0 Å². The molecule has 0 radical (unpaired) electrons. The molecule has 0 heterocycles. The van der Waals surface area contributed by atoms with Gasteiger partial charge in [-0.3, -0.25) is 15.0 Å². The van der Waals surface area contributed by atoms with E-state index in [1.165, 1.54) is 6.07 Å². The fourth-order valence-corrected chi connectivity index (χ4v) is 2.06. The number of nitro groups is 1. The van der Waals surface area contributed by atoms with Crippen LogP contribution in [0.1, 0.15) is 18.9 Å². The van der Waals surface area contributed by atoms with Crippen LogP contribution < -0.4 is 0 Å². The number of nitrogens with zero attached hydrogens (tertiary/aromatic N) is 3. The van der Waals surface area contributed by atoms with Crippen molar-refractivity contribution in [1.29, 1.82) is 5.26 Å². The summed E-state index contributed by atoms with van der Waals surface area (Å²) < 4.78 is 0.681. The zero-order chi connectivity index (χ0) is 13.5. The molecule has 0 bridgehead atoms. The molecule has 0 aliphatic carbocycles. The van der Waals surface area contributed by atoms with Crippen molar-refractivity contribution in [2.75, 3.05) is 13.1 Å². The Labute approximate surface area is 114 Å². The summed E-state index contributed by atoms with van der Waals surface area (Å²) in [7, 11) is 0. The van der Waals surface area contributed by atoms with Gasteiger partial charge in [-0.25, -0.2) is 0 Å². The Morgan fingerprint density at radius 1 is 1.56 bits per heavy atom. The Balaban J connectivity index is 2.94. The van der Waals surface area contributed by atoms with E-state index in [-0.39, 0.29) is 12.2 Å². The van der Waals surface area contributed by atoms with E-state index in [0.29, 0.717) is 16.6 Å². The van der Waals surface area contributed by atoms with Crippen LogP contribution >= 0.6 is 15.9 Å². The highest BCUT2D eigenvalue weighted by Gasteiger charge is 2.16. The van der Waals surface area contributed by atoms with E-state index in [0.717, 1.165) is 13.0 Å². The number of nitro benzene ring substituents is 1. The average Bonchev–Trinajstić information content (AvgIpc) is 2.32. The summed E-state index contributed by atoms with van der Waals surface area (Å²) in [5.41, 5.74) is 0.718. The molecule has 0 unspecified atom stereocenters. The van der Waals surface area contributed by atoms with Gasteiger partial charge in [0.05, 0.1) is 17.5 Å². The third-order valence-corrected chi connectivity index (χ3v) is 2.97. The molecule has 0 spiro atoms. The van der Waals surface area contributed by atoms with Crippen LogP contribution in [0.4, 0.5) is 5.69 Å². The molecule has 96 valence electrons. The van der Waals surface area contributed by atoms with Gasteiger partial charge in [0, 0.05) is 22.6 Å². The summed E-state index contributed by atoms with van der Waals surface area (Å²) in [6.07, 6.45) is 0.909. The molecule has 0 atom stereocenters. The fraction of sp³-hybridized carbons (Fsp3) is 0.417. The van der Waals surface area contributed by atoms with Gasteiger partial charge < -0.3 is 0 Å². The summed E-state index contributed by atoms with van der Waals surface area (Å²) in [5.74, 6) is 0. The summed E-state index contributed by atoms with van der Waals surface area (Å²) >= 11 is 3.22. The lowest BCUT2D eigenvalue weighted by atomic mass is 10.1. The third kappa shape index (κ3) is 4.09. The lowest BCUT2D eigenvalue weighted by Gasteiger charge is -2.18. The highest BCUT2D eigenvalue weighted by molar-refractivity contribution is 9.10. The first kappa shape index (κ1) is 14.6. The molecular formula is C12H14BrN3O2. The largest absolute Gasteiger partial charge is 0.286 e. The molecule has 1 aromatic rings. The van der Waals surface area contributed by atoms with E-state index in [9.17, 15) is 10.1 Å². The molecule has 6 heteroatoms. The predicted molar refractivity (Wildman–Crippen MR) is 72.0 cm³/mol. The van der Waals surface area contributed by atoms with Crippen molar-refractivity contribution in [2.45, 2.75) is 19.9 Å². The van der Waals surface area contributed by atoms with Gasteiger partial charge in [-0.2, -0.15) is 5.26 Å². The van der Waals surface area contributed by atoms with E-state index in [1.54, 1.807) is 12.1 Å². The Bertz CT molecular complexity index is 471. The van der Waals surface area contributed by atoms with Gasteiger partial charge in [-0.05, 0) is 25.1 Å². The third-order valence-electron chi connectivity index (χ3n) is 2.47. The Kier molecular flexibility index (Phi) is 5.75. The molecule has 1 rings (SSSR count). The zero-order valence-corrected chi connectivity index (χ0v) is 11.7. The lowest BCUT2D eigenvalue weighted by molar-refractivity contribution is -0.385. The van der Waals surface area contributed by atoms with Crippen molar-refractivity contribution in [3.8, 4) is 6.07 Å². The van der Waals surface area contributed by atoms with Crippen LogP contribution in [0.25, 0.3) is 0 Å². The number of nitriles is 1. The quantitative estimate of drug-likeness (QED) is 0.460. The monoisotopic (exact) mass is 311 g/mol. The summed E-state index contributed by atoms with van der Waals surface area (Å²) in [5, 5.41) is 19.7. The topological polar surface area (TPSA) is 70.2 Å².